The van der Waals surface area contributed by atoms with Crippen molar-refractivity contribution < 1.29 is 4.74 Å². The number of fused-ring (bicyclic) bond motifs is 3. The summed E-state index contributed by atoms with van der Waals surface area (Å²) in [5, 5.41) is 2.36. The number of allylic oxidation sites excluding steroid dienone is 1. The van der Waals surface area contributed by atoms with Crippen LogP contribution in [0.1, 0.15) is 123 Å². The summed E-state index contributed by atoms with van der Waals surface area (Å²) >= 11 is 0. The topological polar surface area (TPSA) is 33.5 Å². The lowest BCUT2D eigenvalue weighted by Gasteiger charge is -2.31. The molecular weight excluding hydrogens is 817 g/mol. The van der Waals surface area contributed by atoms with E-state index in [1.807, 2.05) is 6.20 Å². The number of anilines is 2. The Bertz CT molecular complexity index is 3120. The summed E-state index contributed by atoms with van der Waals surface area (Å²) in [4.78, 5) is 9.92. The van der Waals surface area contributed by atoms with Crippen LogP contribution < -0.4 is 14.5 Å². The minimum absolute atomic E-state index is 0.00806. The largest absolute Gasteiger partial charge is 0.457 e. The van der Waals surface area contributed by atoms with E-state index in [0.29, 0.717) is 6.67 Å². The maximum Gasteiger partial charge on any atom is 0.137 e. The van der Waals surface area contributed by atoms with Crippen LogP contribution in [0.4, 0.5) is 11.4 Å². The van der Waals surface area contributed by atoms with Crippen LogP contribution in [-0.2, 0) is 21.7 Å². The summed E-state index contributed by atoms with van der Waals surface area (Å²) < 4.78 is 9.44. The van der Waals surface area contributed by atoms with Gasteiger partial charge in [0.15, 0.2) is 0 Å². The van der Waals surface area contributed by atoms with Crippen LogP contribution >= 0.6 is 0 Å². The minimum atomic E-state index is -0.306. The van der Waals surface area contributed by atoms with E-state index in [-0.39, 0.29) is 27.1 Å². The second-order valence-corrected chi connectivity index (χ2v) is 22.8. The van der Waals surface area contributed by atoms with Crippen LogP contribution in [-0.4, -0.2) is 16.2 Å². The summed E-state index contributed by atoms with van der Waals surface area (Å²) in [6.07, 6.45) is 4.30. The molecule has 0 aliphatic carbocycles. The normalized spacial score (nSPS) is 14.0. The van der Waals surface area contributed by atoms with Gasteiger partial charge in [0.05, 0.1) is 17.7 Å². The van der Waals surface area contributed by atoms with Gasteiger partial charge in [0, 0.05) is 68.6 Å². The van der Waals surface area contributed by atoms with Crippen LogP contribution in [0.2, 0.25) is 0 Å². The molecule has 0 fully saturated rings. The summed E-state index contributed by atoms with van der Waals surface area (Å²) in [5.74, 6) is 2.43. The second-order valence-electron chi connectivity index (χ2n) is 22.8. The molecule has 0 atom stereocenters. The average molecular weight is 885 g/mol. The molecule has 3 heterocycles. The maximum atomic E-state index is 7.11. The number of rotatable bonds is 9. The van der Waals surface area contributed by atoms with Crippen molar-refractivity contribution in [3.8, 4) is 17.3 Å². The molecule has 0 saturated carbocycles. The smallest absolute Gasteiger partial charge is 0.137 e. The standard InChI is InChI=1S/C62H68N4O/c1-58(2,3)42-24-27-48(28-25-42)65-41-64(40-56(65)60(7,8)9)49-34-47(62(12,13)44-22-18-15-19-23-44)35-51(38-49)67-50-29-30-52-53-36-45(59(4,5)6)26-31-54(53)66(55(52)39-50)57-37-46(32-33-63-57)61(10,11)43-20-16-14-17-21-43/h14-40H,41H2,1-13H3. The Balaban J connectivity index is 1.17. The number of hydrogen-bond acceptors (Lipinski definition) is 4. The van der Waals surface area contributed by atoms with Gasteiger partial charge in [0.2, 0.25) is 0 Å². The van der Waals surface area contributed by atoms with E-state index >= 15 is 0 Å². The van der Waals surface area contributed by atoms with E-state index in [2.05, 4.69) is 262 Å². The Hall–Kier alpha value is -6.59. The third-order valence-corrected chi connectivity index (χ3v) is 14.1. The van der Waals surface area contributed by atoms with E-state index in [0.717, 1.165) is 39.4 Å². The van der Waals surface area contributed by atoms with Gasteiger partial charge in [-0.3, -0.25) is 4.57 Å². The highest BCUT2D eigenvalue weighted by Crippen LogP contribution is 2.44. The Morgan fingerprint density at radius 1 is 0.433 bits per heavy atom. The van der Waals surface area contributed by atoms with Crippen molar-refractivity contribution in [2.75, 3.05) is 16.5 Å². The van der Waals surface area contributed by atoms with Crippen molar-refractivity contribution in [3.63, 3.8) is 0 Å². The average Bonchev–Trinajstić information content (AvgIpc) is 3.90. The summed E-state index contributed by atoms with van der Waals surface area (Å²) in [7, 11) is 0. The predicted molar refractivity (Wildman–Crippen MR) is 283 cm³/mol. The van der Waals surface area contributed by atoms with Crippen LogP contribution in [0, 0.1) is 5.41 Å². The molecular formula is C62H68N4O. The third kappa shape index (κ3) is 8.77. The number of ether oxygens (including phenoxy) is 1. The number of pyridine rings is 1. The number of aromatic nitrogens is 2. The molecule has 0 spiro atoms. The van der Waals surface area contributed by atoms with Crippen molar-refractivity contribution in [1.29, 1.82) is 0 Å². The highest BCUT2D eigenvalue weighted by Gasteiger charge is 2.33. The summed E-state index contributed by atoms with van der Waals surface area (Å²) in [5.41, 5.74) is 12.7. The van der Waals surface area contributed by atoms with E-state index in [9.17, 15) is 0 Å². The highest BCUT2D eigenvalue weighted by molar-refractivity contribution is 6.09. The molecule has 1 aliphatic rings. The van der Waals surface area contributed by atoms with E-state index in [1.54, 1.807) is 0 Å². The van der Waals surface area contributed by atoms with Gasteiger partial charge in [-0.1, -0.05) is 169 Å². The lowest BCUT2D eigenvalue weighted by atomic mass is 9.78. The molecule has 0 bridgehead atoms. The highest BCUT2D eigenvalue weighted by atomic mass is 16.5. The lowest BCUT2D eigenvalue weighted by molar-refractivity contribution is 0.480. The minimum Gasteiger partial charge on any atom is -0.457 e. The molecule has 0 saturated heterocycles. The zero-order valence-corrected chi connectivity index (χ0v) is 42.0. The van der Waals surface area contributed by atoms with Gasteiger partial charge in [0.25, 0.3) is 0 Å². The molecule has 2 aromatic heterocycles. The number of nitrogens with zero attached hydrogens (tertiary/aromatic N) is 4. The van der Waals surface area contributed by atoms with Gasteiger partial charge in [0.1, 0.15) is 17.3 Å². The third-order valence-electron chi connectivity index (χ3n) is 14.1. The van der Waals surface area contributed by atoms with Crippen molar-refractivity contribution in [2.24, 2.45) is 5.41 Å². The molecule has 5 nitrogen and oxygen atoms in total. The molecule has 9 rings (SSSR count). The Morgan fingerprint density at radius 2 is 1.04 bits per heavy atom. The van der Waals surface area contributed by atoms with Gasteiger partial charge < -0.3 is 14.5 Å². The predicted octanol–water partition coefficient (Wildman–Crippen LogP) is 16.4. The molecule has 0 unspecified atom stereocenters. The zero-order chi connectivity index (χ0) is 47.7. The van der Waals surface area contributed by atoms with Crippen molar-refractivity contribution in [3.05, 3.63) is 203 Å². The molecule has 0 radical (unpaired) electrons. The first kappa shape index (κ1) is 45.6. The Kier molecular flexibility index (Phi) is 11.3. The van der Waals surface area contributed by atoms with Gasteiger partial charge >= 0.3 is 0 Å². The summed E-state index contributed by atoms with van der Waals surface area (Å²) in [6, 6.07) is 55.4. The fourth-order valence-corrected chi connectivity index (χ4v) is 9.66. The second kappa shape index (κ2) is 16.6. The Morgan fingerprint density at radius 3 is 1.66 bits per heavy atom. The zero-order valence-electron chi connectivity index (χ0n) is 42.0. The molecule has 0 N–H and O–H groups in total. The number of hydrogen-bond donors (Lipinski definition) is 0. The molecule has 1 aliphatic heterocycles. The molecule has 6 aromatic carbocycles. The van der Waals surface area contributed by atoms with E-state index in [4.69, 9.17) is 9.72 Å². The van der Waals surface area contributed by atoms with Gasteiger partial charge in [-0.2, -0.15) is 0 Å². The monoisotopic (exact) mass is 885 g/mol. The summed E-state index contributed by atoms with van der Waals surface area (Å²) in [6.45, 7) is 30.5. The Labute approximate surface area is 399 Å². The quantitative estimate of drug-likeness (QED) is 0.145. The number of benzene rings is 6. The van der Waals surface area contributed by atoms with Crippen LogP contribution in [0.5, 0.6) is 11.5 Å². The van der Waals surface area contributed by atoms with Gasteiger partial charge in [-0.25, -0.2) is 4.98 Å². The molecule has 8 aromatic rings. The van der Waals surface area contributed by atoms with Gasteiger partial charge in [-0.15, -0.1) is 0 Å². The van der Waals surface area contributed by atoms with E-state index < -0.39 is 0 Å². The first-order chi connectivity index (χ1) is 31.6. The first-order valence-corrected chi connectivity index (χ1v) is 24.0. The van der Waals surface area contributed by atoms with Crippen molar-refractivity contribution >= 4 is 33.2 Å². The van der Waals surface area contributed by atoms with Crippen molar-refractivity contribution in [2.45, 2.75) is 112 Å². The SMILES string of the molecule is CC(C)(C)C1=CN(c2cc(Oc3ccc4c5cc(C(C)(C)C)ccc5n(-c5cc(C(C)(C)c6ccccc6)ccn5)c4c3)cc(C(C)(C)c3ccccc3)c2)CN1c1ccc(C(C)(C)C)cc1. The molecule has 5 heteroatoms. The first-order valence-electron chi connectivity index (χ1n) is 24.0. The van der Waals surface area contributed by atoms with Gasteiger partial charge in [-0.05, 0) is 105 Å². The van der Waals surface area contributed by atoms with E-state index in [1.165, 1.54) is 50.2 Å². The fraction of sp³-hybridized carbons (Fsp3) is 0.306. The van der Waals surface area contributed by atoms with Crippen LogP contribution in [0.25, 0.3) is 27.6 Å². The molecule has 67 heavy (non-hydrogen) atoms. The molecule has 0 amide bonds. The van der Waals surface area contributed by atoms with Crippen LogP contribution in [0.15, 0.2) is 170 Å². The van der Waals surface area contributed by atoms with Crippen molar-refractivity contribution in [1.82, 2.24) is 9.55 Å². The fourth-order valence-electron chi connectivity index (χ4n) is 9.66. The lowest BCUT2D eigenvalue weighted by Crippen LogP contribution is -2.30. The van der Waals surface area contributed by atoms with Crippen LogP contribution in [0.3, 0.4) is 0 Å². The maximum absolute atomic E-state index is 7.11. The molecule has 342 valence electrons.